The molecular formula is C52H64N6O5. The van der Waals surface area contributed by atoms with Gasteiger partial charge in [0.1, 0.15) is 35.5 Å². The predicted molar refractivity (Wildman–Crippen MR) is 251 cm³/mol. The number of amides is 4. The van der Waals surface area contributed by atoms with Gasteiger partial charge in [0.25, 0.3) is 0 Å². The number of likely N-dealkylation sites (tertiary alicyclic amines) is 2. The second-order valence-corrected chi connectivity index (χ2v) is 18.3. The molecule has 0 radical (unpaired) electrons. The topological polar surface area (TPSA) is 118 Å². The van der Waals surface area contributed by atoms with Crippen LogP contribution in [0.5, 0.6) is 0 Å². The highest BCUT2D eigenvalue weighted by atomic mass is 16.3. The zero-order valence-corrected chi connectivity index (χ0v) is 37.8. The Morgan fingerprint density at radius 3 is 1.56 bits per heavy atom. The largest absolute Gasteiger partial charge is 0.456 e. The van der Waals surface area contributed by atoms with Crippen molar-refractivity contribution in [3.8, 4) is 11.3 Å². The Morgan fingerprint density at radius 2 is 1.08 bits per heavy atom. The second-order valence-electron chi connectivity index (χ2n) is 18.3. The van der Waals surface area contributed by atoms with Crippen LogP contribution in [-0.2, 0) is 19.2 Å². The van der Waals surface area contributed by atoms with Crippen LogP contribution in [0.4, 0.5) is 11.4 Å². The van der Waals surface area contributed by atoms with Crippen molar-refractivity contribution in [2.45, 2.75) is 90.4 Å². The van der Waals surface area contributed by atoms with Gasteiger partial charge in [-0.3, -0.25) is 29.0 Å². The summed E-state index contributed by atoms with van der Waals surface area (Å²) in [5.74, 6) is 1.17. The standard InChI is InChI=1S/C52H64N6O5/c1-35(2)27-31-55(5)47(38-15-9-7-10-16-38)51(61)57-29-13-19-43(57)49(59)53-41-23-21-37(22-24-41)46-34-40-33-42(25-26-45(40)63-46)54-50(60)44-20-14-30-58(44)52(62)48(39-17-11-8-12-18-39)56(6)32-28-36(3)4/h7-12,15-18,21-26,33-36,43-44,47-48H,13-14,19-20,27-32H2,1-6H3,(H,53,59)(H,54,60)/t43-,44-,47?,48?/m0/s1. The smallest absolute Gasteiger partial charge is 0.247 e. The highest BCUT2D eigenvalue weighted by molar-refractivity contribution is 6.00. The van der Waals surface area contributed by atoms with Gasteiger partial charge >= 0.3 is 0 Å². The van der Waals surface area contributed by atoms with Gasteiger partial charge in [0.05, 0.1) is 0 Å². The molecule has 3 heterocycles. The zero-order chi connectivity index (χ0) is 44.6. The van der Waals surface area contributed by atoms with Crippen LogP contribution in [0.2, 0.25) is 0 Å². The van der Waals surface area contributed by atoms with Crippen LogP contribution in [-0.4, -0.2) is 95.6 Å². The van der Waals surface area contributed by atoms with Crippen LogP contribution in [0, 0.1) is 11.8 Å². The normalized spacial score (nSPS) is 17.6. The van der Waals surface area contributed by atoms with Crippen molar-refractivity contribution in [1.82, 2.24) is 19.6 Å². The lowest BCUT2D eigenvalue weighted by atomic mass is 10.0. The number of nitrogens with zero attached hydrogens (tertiary/aromatic N) is 4. The molecule has 2 aliphatic heterocycles. The third-order valence-electron chi connectivity index (χ3n) is 12.6. The molecule has 5 aromatic rings. The maximum atomic E-state index is 14.3. The molecule has 11 nitrogen and oxygen atoms in total. The van der Waals surface area contributed by atoms with Gasteiger partial charge in [-0.05, 0) is 137 Å². The van der Waals surface area contributed by atoms with Gasteiger partial charge in [0.15, 0.2) is 0 Å². The van der Waals surface area contributed by atoms with Gasteiger partial charge in [-0.1, -0.05) is 88.4 Å². The Kier molecular flexibility index (Phi) is 14.8. The molecule has 0 aliphatic carbocycles. The van der Waals surface area contributed by atoms with E-state index in [2.05, 4.69) is 48.1 Å². The minimum absolute atomic E-state index is 0.0448. The van der Waals surface area contributed by atoms with Crippen LogP contribution in [0.1, 0.15) is 89.4 Å². The predicted octanol–water partition coefficient (Wildman–Crippen LogP) is 9.40. The first-order valence-corrected chi connectivity index (χ1v) is 22.7. The first-order valence-electron chi connectivity index (χ1n) is 22.7. The van der Waals surface area contributed by atoms with Crippen molar-refractivity contribution in [1.29, 1.82) is 0 Å². The van der Waals surface area contributed by atoms with Gasteiger partial charge in [-0.15, -0.1) is 0 Å². The van der Waals surface area contributed by atoms with Crippen molar-refractivity contribution < 1.29 is 23.6 Å². The van der Waals surface area contributed by atoms with Crippen molar-refractivity contribution in [2.75, 3.05) is 50.9 Å². The lowest BCUT2D eigenvalue weighted by Crippen LogP contribution is -2.48. The van der Waals surface area contributed by atoms with Gasteiger partial charge < -0.3 is 24.9 Å². The van der Waals surface area contributed by atoms with Crippen molar-refractivity contribution >= 4 is 46.0 Å². The van der Waals surface area contributed by atoms with E-state index in [1.54, 1.807) is 9.80 Å². The third kappa shape index (κ3) is 10.9. The molecule has 4 atom stereocenters. The summed E-state index contributed by atoms with van der Waals surface area (Å²) in [6.45, 7) is 11.4. The van der Waals surface area contributed by atoms with E-state index in [1.807, 2.05) is 123 Å². The van der Waals surface area contributed by atoms with Crippen molar-refractivity contribution in [2.24, 2.45) is 11.8 Å². The Hall–Kier alpha value is -5.78. The summed E-state index contributed by atoms with van der Waals surface area (Å²) in [5.41, 5.74) is 4.62. The van der Waals surface area contributed by atoms with E-state index in [1.165, 1.54) is 0 Å². The average molecular weight is 853 g/mol. The van der Waals surface area contributed by atoms with E-state index < -0.39 is 24.2 Å². The number of benzene rings is 4. The molecule has 332 valence electrons. The highest BCUT2D eigenvalue weighted by Gasteiger charge is 2.40. The molecule has 63 heavy (non-hydrogen) atoms. The van der Waals surface area contributed by atoms with Crippen molar-refractivity contribution in [3.63, 3.8) is 0 Å². The zero-order valence-electron chi connectivity index (χ0n) is 37.8. The summed E-state index contributed by atoms with van der Waals surface area (Å²) in [6, 6.07) is 32.6. The maximum Gasteiger partial charge on any atom is 0.247 e. The van der Waals surface area contributed by atoms with Crippen LogP contribution < -0.4 is 10.6 Å². The SMILES string of the molecule is CC(C)CCN(C)C(C(=O)N1CCC[C@H]1C(=O)Nc1ccc(-c2cc3cc(NC(=O)[C@@H]4CCCN4C(=O)C(c4ccccc4)N(C)CCC(C)C)ccc3o2)cc1)c1ccccc1. The Balaban J connectivity index is 0.990. The molecule has 4 amide bonds. The average Bonchev–Trinajstić information content (AvgIpc) is 4.07. The number of nitrogens with one attached hydrogen (secondary N) is 2. The molecule has 2 aliphatic rings. The summed E-state index contributed by atoms with van der Waals surface area (Å²) in [4.78, 5) is 63.8. The number of fused-ring (bicyclic) bond motifs is 1. The van der Waals surface area contributed by atoms with Gasteiger partial charge in [0.2, 0.25) is 23.6 Å². The monoisotopic (exact) mass is 852 g/mol. The van der Waals surface area contributed by atoms with Gasteiger partial charge in [0, 0.05) is 35.4 Å². The lowest BCUT2D eigenvalue weighted by Gasteiger charge is -2.33. The minimum Gasteiger partial charge on any atom is -0.456 e. The van der Waals surface area contributed by atoms with E-state index in [0.717, 1.165) is 60.8 Å². The van der Waals surface area contributed by atoms with Gasteiger partial charge in [-0.25, -0.2) is 0 Å². The van der Waals surface area contributed by atoms with Crippen LogP contribution in [0.3, 0.4) is 0 Å². The fourth-order valence-corrected chi connectivity index (χ4v) is 8.98. The highest BCUT2D eigenvalue weighted by Crippen LogP contribution is 2.33. The molecule has 0 spiro atoms. The van der Waals surface area contributed by atoms with E-state index in [-0.39, 0.29) is 23.6 Å². The summed E-state index contributed by atoms with van der Waals surface area (Å²) < 4.78 is 6.23. The molecule has 4 aromatic carbocycles. The van der Waals surface area contributed by atoms with Crippen molar-refractivity contribution in [3.05, 3.63) is 120 Å². The molecule has 11 heteroatoms. The number of hydrogen-bond acceptors (Lipinski definition) is 7. The second kappa shape index (κ2) is 20.6. The van der Waals surface area contributed by atoms with E-state index in [0.29, 0.717) is 60.5 Å². The summed E-state index contributed by atoms with van der Waals surface area (Å²) >= 11 is 0. The fraction of sp³-hybridized carbons (Fsp3) is 0.423. The number of anilines is 2. The number of hydrogen-bond donors (Lipinski definition) is 2. The molecule has 0 saturated carbocycles. The molecule has 0 bridgehead atoms. The first-order chi connectivity index (χ1) is 30.4. The first kappa shape index (κ1) is 45.3. The Bertz CT molecular complexity index is 2330. The quantitative estimate of drug-likeness (QED) is 0.0958. The number of carbonyl (C=O) groups is 4. The minimum atomic E-state index is -0.568. The number of rotatable bonds is 17. The lowest BCUT2D eigenvalue weighted by molar-refractivity contribution is -0.141. The van der Waals surface area contributed by atoms with E-state index in [9.17, 15) is 19.2 Å². The summed E-state index contributed by atoms with van der Waals surface area (Å²) in [7, 11) is 3.99. The van der Waals surface area contributed by atoms with Gasteiger partial charge in [-0.2, -0.15) is 0 Å². The molecule has 1 aromatic heterocycles. The summed E-state index contributed by atoms with van der Waals surface area (Å²) in [6.07, 6.45) is 4.68. The van der Waals surface area contributed by atoms with Crippen LogP contribution >= 0.6 is 0 Å². The Labute approximate surface area is 372 Å². The van der Waals surface area contributed by atoms with E-state index >= 15 is 0 Å². The summed E-state index contributed by atoms with van der Waals surface area (Å²) in [5, 5.41) is 6.98. The number of furan rings is 1. The maximum absolute atomic E-state index is 14.3. The molecule has 7 rings (SSSR count). The Morgan fingerprint density at radius 1 is 0.619 bits per heavy atom. The van der Waals surface area contributed by atoms with Crippen LogP contribution in [0.25, 0.3) is 22.3 Å². The number of carbonyl (C=O) groups excluding carboxylic acids is 4. The molecule has 2 unspecified atom stereocenters. The van der Waals surface area contributed by atoms with E-state index in [4.69, 9.17) is 4.42 Å². The third-order valence-corrected chi connectivity index (χ3v) is 12.6. The molecule has 2 saturated heterocycles. The number of likely N-dealkylation sites (N-methyl/N-ethyl adjacent to an activating group) is 2. The fourth-order valence-electron chi connectivity index (χ4n) is 8.98. The molecule has 2 N–H and O–H groups in total. The molecule has 2 fully saturated rings. The molecular weight excluding hydrogens is 789 g/mol. The van der Waals surface area contributed by atoms with Crippen LogP contribution in [0.15, 0.2) is 114 Å².